The van der Waals surface area contributed by atoms with Crippen LogP contribution in [0.15, 0.2) is 24.3 Å². The first kappa shape index (κ1) is 18.9. The predicted molar refractivity (Wildman–Crippen MR) is 92.9 cm³/mol. The number of carbonyl (C=O) groups excluding carboxylic acids is 1. The fourth-order valence-corrected chi connectivity index (χ4v) is 2.82. The van der Waals surface area contributed by atoms with Gasteiger partial charge >= 0.3 is 0 Å². The molecule has 124 valence electrons. The Balaban J connectivity index is 0.00000242. The van der Waals surface area contributed by atoms with Gasteiger partial charge in [0.25, 0.3) is 0 Å². The number of amides is 1. The lowest BCUT2D eigenvalue weighted by atomic mass is 10.1. The fraction of sp³-hybridized carbons (Fsp3) is 0.588. The number of nitrogens with zero attached hydrogens (tertiary/aromatic N) is 1. The molecule has 0 spiro atoms. The lowest BCUT2D eigenvalue weighted by Gasteiger charge is -2.18. The Labute approximate surface area is 139 Å². The molecule has 0 radical (unpaired) electrons. The van der Waals surface area contributed by atoms with Crippen molar-refractivity contribution in [3.05, 3.63) is 35.4 Å². The maximum atomic E-state index is 11.9. The van der Waals surface area contributed by atoms with Crippen molar-refractivity contribution in [2.24, 2.45) is 5.73 Å². The summed E-state index contributed by atoms with van der Waals surface area (Å²) in [5, 5.41) is 2.97. The van der Waals surface area contributed by atoms with E-state index in [0.29, 0.717) is 6.54 Å². The van der Waals surface area contributed by atoms with Crippen LogP contribution in [0.2, 0.25) is 0 Å². The van der Waals surface area contributed by atoms with Crippen LogP contribution >= 0.6 is 12.4 Å². The van der Waals surface area contributed by atoms with Gasteiger partial charge in [-0.1, -0.05) is 37.6 Å². The molecule has 4 nitrogen and oxygen atoms in total. The molecule has 0 saturated carbocycles. The van der Waals surface area contributed by atoms with E-state index in [-0.39, 0.29) is 24.4 Å². The van der Waals surface area contributed by atoms with Crippen LogP contribution in [0.1, 0.15) is 43.7 Å². The summed E-state index contributed by atoms with van der Waals surface area (Å²) in [6.07, 6.45) is 4.26. The Kier molecular flexibility index (Phi) is 8.46. The molecule has 1 saturated heterocycles. The van der Waals surface area contributed by atoms with Crippen molar-refractivity contribution in [2.75, 3.05) is 13.1 Å². The highest BCUT2D eigenvalue weighted by Crippen LogP contribution is 2.16. The number of hydrogen-bond donors (Lipinski definition) is 2. The largest absolute Gasteiger partial charge is 0.351 e. The van der Waals surface area contributed by atoms with E-state index in [2.05, 4.69) is 28.4 Å². The third kappa shape index (κ3) is 5.59. The number of rotatable bonds is 7. The molecule has 1 aliphatic heterocycles. The van der Waals surface area contributed by atoms with Gasteiger partial charge in [0, 0.05) is 13.1 Å². The second kappa shape index (κ2) is 9.82. The number of likely N-dealkylation sites (tertiary alicyclic amines) is 1. The smallest absolute Gasteiger partial charge is 0.237 e. The molecule has 1 aliphatic rings. The van der Waals surface area contributed by atoms with Crippen molar-refractivity contribution in [1.82, 2.24) is 10.2 Å². The van der Waals surface area contributed by atoms with E-state index in [4.69, 9.17) is 5.73 Å². The normalized spacial score (nSPS) is 16.1. The van der Waals surface area contributed by atoms with Gasteiger partial charge in [0.15, 0.2) is 0 Å². The molecule has 1 aromatic carbocycles. The molecule has 1 unspecified atom stereocenters. The standard InChI is InChI=1S/C17H27N3O.ClH/c1-2-7-16(18)17(21)19-12-14-8-3-4-9-15(14)13-20-10-5-6-11-20;/h3-4,8-9,16H,2,5-7,10-13,18H2,1H3,(H,19,21);1H. The minimum atomic E-state index is -0.388. The molecule has 1 atom stereocenters. The van der Waals surface area contributed by atoms with E-state index in [1.165, 1.54) is 37.1 Å². The summed E-state index contributed by atoms with van der Waals surface area (Å²) in [5.74, 6) is -0.0483. The van der Waals surface area contributed by atoms with Crippen molar-refractivity contribution in [3.63, 3.8) is 0 Å². The van der Waals surface area contributed by atoms with Crippen molar-refractivity contribution in [1.29, 1.82) is 0 Å². The summed E-state index contributed by atoms with van der Waals surface area (Å²) < 4.78 is 0. The van der Waals surface area contributed by atoms with Crippen molar-refractivity contribution >= 4 is 18.3 Å². The molecule has 1 fully saturated rings. The topological polar surface area (TPSA) is 58.4 Å². The van der Waals surface area contributed by atoms with Gasteiger partial charge in [-0.3, -0.25) is 9.69 Å². The molecule has 0 bridgehead atoms. The van der Waals surface area contributed by atoms with Gasteiger partial charge < -0.3 is 11.1 Å². The quantitative estimate of drug-likeness (QED) is 0.809. The Morgan fingerprint density at radius 3 is 2.55 bits per heavy atom. The second-order valence-electron chi connectivity index (χ2n) is 5.86. The summed E-state index contributed by atoms with van der Waals surface area (Å²) in [5.41, 5.74) is 8.35. The van der Waals surface area contributed by atoms with E-state index < -0.39 is 0 Å². The average Bonchev–Trinajstić information content (AvgIpc) is 2.99. The first-order valence-electron chi connectivity index (χ1n) is 8.03. The molecule has 22 heavy (non-hydrogen) atoms. The molecule has 1 heterocycles. The molecular formula is C17H28ClN3O. The zero-order chi connectivity index (χ0) is 15.1. The summed E-state index contributed by atoms with van der Waals surface area (Å²) in [7, 11) is 0. The third-order valence-corrected chi connectivity index (χ3v) is 4.10. The highest BCUT2D eigenvalue weighted by atomic mass is 35.5. The highest BCUT2D eigenvalue weighted by molar-refractivity contribution is 5.85. The Morgan fingerprint density at radius 1 is 1.27 bits per heavy atom. The summed E-state index contributed by atoms with van der Waals surface area (Å²) >= 11 is 0. The van der Waals surface area contributed by atoms with Crippen LogP contribution in [0.3, 0.4) is 0 Å². The van der Waals surface area contributed by atoms with Crippen LogP contribution in [0.4, 0.5) is 0 Å². The number of carbonyl (C=O) groups is 1. The van der Waals surface area contributed by atoms with E-state index >= 15 is 0 Å². The molecule has 0 aromatic heterocycles. The lowest BCUT2D eigenvalue weighted by Crippen LogP contribution is -2.40. The van der Waals surface area contributed by atoms with Gasteiger partial charge in [0.1, 0.15) is 0 Å². The van der Waals surface area contributed by atoms with Crippen LogP contribution in [-0.4, -0.2) is 29.9 Å². The van der Waals surface area contributed by atoms with Gasteiger partial charge in [-0.2, -0.15) is 0 Å². The molecule has 1 aromatic rings. The Hall–Kier alpha value is -1.10. The SMILES string of the molecule is CCCC(N)C(=O)NCc1ccccc1CN1CCCC1.Cl. The zero-order valence-electron chi connectivity index (χ0n) is 13.4. The molecule has 1 amide bonds. The molecule has 5 heteroatoms. The van der Waals surface area contributed by atoms with E-state index in [1.54, 1.807) is 0 Å². The van der Waals surface area contributed by atoms with Crippen LogP contribution in [-0.2, 0) is 17.9 Å². The van der Waals surface area contributed by atoms with Crippen molar-refractivity contribution < 1.29 is 4.79 Å². The van der Waals surface area contributed by atoms with Crippen LogP contribution in [0.25, 0.3) is 0 Å². The number of nitrogens with one attached hydrogen (secondary N) is 1. The van der Waals surface area contributed by atoms with Gasteiger partial charge in [-0.25, -0.2) is 0 Å². The minimum Gasteiger partial charge on any atom is -0.351 e. The second-order valence-corrected chi connectivity index (χ2v) is 5.86. The predicted octanol–water partition coefficient (Wildman–Crippen LogP) is 2.45. The first-order chi connectivity index (χ1) is 10.2. The van der Waals surface area contributed by atoms with Gasteiger partial charge in [0.2, 0.25) is 5.91 Å². The van der Waals surface area contributed by atoms with Gasteiger partial charge in [-0.05, 0) is 43.5 Å². The number of nitrogens with two attached hydrogens (primary N) is 1. The van der Waals surface area contributed by atoms with Gasteiger partial charge in [0.05, 0.1) is 6.04 Å². The van der Waals surface area contributed by atoms with Gasteiger partial charge in [-0.15, -0.1) is 12.4 Å². The van der Waals surface area contributed by atoms with E-state index in [9.17, 15) is 4.79 Å². The molecule has 3 N–H and O–H groups in total. The van der Waals surface area contributed by atoms with Crippen LogP contribution in [0, 0.1) is 0 Å². The minimum absolute atomic E-state index is 0. The number of hydrogen-bond acceptors (Lipinski definition) is 3. The Bertz CT molecular complexity index is 461. The summed E-state index contributed by atoms with van der Waals surface area (Å²) in [4.78, 5) is 14.4. The molecule has 2 rings (SSSR count). The first-order valence-corrected chi connectivity index (χ1v) is 8.03. The monoisotopic (exact) mass is 325 g/mol. The summed E-state index contributed by atoms with van der Waals surface area (Å²) in [6, 6.07) is 7.96. The highest BCUT2D eigenvalue weighted by Gasteiger charge is 2.15. The molecular weight excluding hydrogens is 298 g/mol. The van der Waals surface area contributed by atoms with Crippen molar-refractivity contribution in [3.8, 4) is 0 Å². The number of benzene rings is 1. The van der Waals surface area contributed by atoms with Crippen LogP contribution in [0.5, 0.6) is 0 Å². The van der Waals surface area contributed by atoms with Crippen molar-refractivity contribution in [2.45, 2.75) is 51.7 Å². The lowest BCUT2D eigenvalue weighted by molar-refractivity contribution is -0.122. The third-order valence-electron chi connectivity index (χ3n) is 4.10. The Morgan fingerprint density at radius 2 is 1.91 bits per heavy atom. The molecule has 0 aliphatic carbocycles. The zero-order valence-corrected chi connectivity index (χ0v) is 14.2. The maximum Gasteiger partial charge on any atom is 0.237 e. The van der Waals surface area contributed by atoms with E-state index in [0.717, 1.165) is 19.4 Å². The maximum absolute atomic E-state index is 11.9. The summed E-state index contributed by atoms with van der Waals surface area (Å²) in [6.45, 7) is 5.95. The number of halogens is 1. The van der Waals surface area contributed by atoms with Crippen LogP contribution < -0.4 is 11.1 Å². The average molecular weight is 326 g/mol. The van der Waals surface area contributed by atoms with E-state index in [1.807, 2.05) is 13.0 Å². The fourth-order valence-electron chi connectivity index (χ4n) is 2.82.